The topological polar surface area (TPSA) is 332 Å². The van der Waals surface area contributed by atoms with Crippen LogP contribution in [0.2, 0.25) is 0 Å². The normalized spacial score (nSPS) is 18.9. The lowest BCUT2D eigenvalue weighted by atomic mass is 10.1. The number of aromatic hydroxyl groups is 1. The monoisotopic (exact) mass is 1600 g/mol. The number of cyclic esters (lactones) is 4. The van der Waals surface area contributed by atoms with E-state index in [-0.39, 0.29) is 66.9 Å². The molecule has 2 amide bonds. The van der Waals surface area contributed by atoms with Gasteiger partial charge in [0.2, 0.25) is 23.1 Å². The third kappa shape index (κ3) is 23.5. The van der Waals surface area contributed by atoms with Crippen molar-refractivity contribution in [2.75, 3.05) is 79.1 Å². The van der Waals surface area contributed by atoms with Crippen molar-refractivity contribution in [2.24, 2.45) is 0 Å². The maximum absolute atomic E-state index is 12.6. The molecule has 15 rings (SSSR count). The Kier molecular flexibility index (Phi) is 27.8. The van der Waals surface area contributed by atoms with Crippen LogP contribution in [0, 0.1) is 6.92 Å². The van der Waals surface area contributed by atoms with Crippen LogP contribution < -0.4 is 38.5 Å². The molecule has 3 saturated heterocycles. The summed E-state index contributed by atoms with van der Waals surface area (Å²) in [5.41, 5.74) is 4.77. The van der Waals surface area contributed by atoms with E-state index >= 15 is 0 Å². The number of phenols is 1. The van der Waals surface area contributed by atoms with Gasteiger partial charge in [-0.3, -0.25) is 14.0 Å². The molecule has 0 radical (unpaired) electrons. The van der Waals surface area contributed by atoms with Crippen molar-refractivity contribution in [1.82, 2.24) is 15.1 Å². The minimum atomic E-state index is -3.92. The summed E-state index contributed by atoms with van der Waals surface area (Å²) in [5, 5.41) is 12.7. The number of morpholine rings is 3. The van der Waals surface area contributed by atoms with Gasteiger partial charge in [0.15, 0.2) is 0 Å². The van der Waals surface area contributed by atoms with Crippen LogP contribution in [0.3, 0.4) is 0 Å². The number of fused-ring (bicyclic) bond motifs is 4. The van der Waals surface area contributed by atoms with E-state index in [0.717, 1.165) is 28.8 Å². The molecule has 8 aromatic rings. The molecular weight excluding hydrogens is 1510 g/mol. The lowest BCUT2D eigenvalue weighted by molar-refractivity contribution is -0.128. The van der Waals surface area contributed by atoms with E-state index in [0.29, 0.717) is 111 Å². The largest absolute Gasteiger partial charge is 0.507 e. The van der Waals surface area contributed by atoms with Crippen LogP contribution >= 0.6 is 0 Å². The summed E-state index contributed by atoms with van der Waals surface area (Å²) in [6, 6.07) is 54.5. The first-order valence-corrected chi connectivity index (χ1v) is 38.6. The number of ether oxygens (including phenoxy) is 16. The number of carbonyl (C=O) groups is 6. The predicted octanol–water partition coefficient (Wildman–Crippen LogP) is 12.7. The van der Waals surface area contributed by atoms with Crippen LogP contribution in [0.4, 0.5) is 9.59 Å². The van der Waals surface area contributed by atoms with Crippen molar-refractivity contribution in [3.63, 3.8) is 0 Å². The zero-order valence-corrected chi connectivity index (χ0v) is 66.0. The molecule has 0 spiro atoms. The molecule has 0 unspecified atom stereocenters. The van der Waals surface area contributed by atoms with Crippen molar-refractivity contribution < 1.29 is 122 Å². The first kappa shape index (κ1) is 84.2. The van der Waals surface area contributed by atoms with Gasteiger partial charge in [-0.05, 0) is 84.3 Å². The molecular formula is C85H93N3O26S. The Hall–Kier alpha value is -11.7. The molecule has 8 aromatic carbocycles. The Morgan fingerprint density at radius 2 is 0.800 bits per heavy atom. The number of hydrogen-bond acceptors (Lipinski definition) is 27. The highest BCUT2D eigenvalue weighted by Crippen LogP contribution is 2.41. The van der Waals surface area contributed by atoms with Gasteiger partial charge in [0, 0.05) is 75.0 Å². The number of carbonyl (C=O) groups excluding carboxylic acids is 6. The van der Waals surface area contributed by atoms with E-state index in [1.54, 1.807) is 139 Å². The second-order valence-electron chi connectivity index (χ2n) is 28.7. The van der Waals surface area contributed by atoms with Crippen LogP contribution in [0.15, 0.2) is 193 Å². The number of amides is 2. The number of benzene rings is 8. The number of hydrogen-bond donors (Lipinski definition) is 2. The zero-order chi connectivity index (χ0) is 81.9. The summed E-state index contributed by atoms with van der Waals surface area (Å²) in [4.78, 5) is 76.5. The quantitative estimate of drug-likeness (QED) is 0.0486. The highest BCUT2D eigenvalue weighted by atomic mass is 32.2. The summed E-state index contributed by atoms with van der Waals surface area (Å²) < 4.78 is 118. The summed E-state index contributed by atoms with van der Waals surface area (Å²) in [7, 11) is -3.92. The Balaban J connectivity index is 0.000000145. The molecule has 2 N–H and O–H groups in total. The van der Waals surface area contributed by atoms with Gasteiger partial charge in [-0.25, -0.2) is 28.8 Å². The minimum absolute atomic E-state index is 0.0769. The average molecular weight is 1600 g/mol. The standard InChI is InChI=1S/C23H25NO7.C20H23NO6S.C17H16O4.C15H19NO5.C10H10O4/c1-23(2)30-19-10-6-9-18(20(19)21(25)31-23)28-15-17-14-27-12-11-24(17)22(26)29-13-16-7-4-3-5-8-16;1-16-7-9-19(10-8-16)28(23,24)27-15-18-14-25-12-11-21(18)20(22)26-13-17-5-3-2-4-6-17;1-17(2)20-14-10-6-9-13(15(14)16(18)21-17)19-11-12-7-4-3-5-8-12;1-15(2)20-12-5-3-4-11(13(12)14(17)21-15)19-9-10-8-18-7-6-16-10;1-10(2)13-7-5-3-4-6(11)8(7)9(12)14-10/h3-10,17H,11-15H2,1-2H3;2-10,18H,11-15H2,1H3;3-10H,11H2,1-2H3;3-5,10,16H,6-9H2,1-2H3;3-5,11H,1-2H3/t17-;18-;;10-;/m00.0./s1. The van der Waals surface area contributed by atoms with Crippen LogP contribution in [0.5, 0.6) is 46.0 Å². The first-order valence-electron chi connectivity index (χ1n) is 37.2. The number of rotatable bonds is 17. The molecule has 7 heterocycles. The minimum Gasteiger partial charge on any atom is -0.507 e. The number of nitrogens with one attached hydrogen (secondary N) is 1. The van der Waals surface area contributed by atoms with Crippen LogP contribution in [0.1, 0.15) is 119 Å². The molecule has 115 heavy (non-hydrogen) atoms. The van der Waals surface area contributed by atoms with E-state index in [2.05, 4.69) is 5.32 Å². The summed E-state index contributed by atoms with van der Waals surface area (Å²) in [5.74, 6) is -2.97. The fourth-order valence-electron chi connectivity index (χ4n) is 12.3. The Morgan fingerprint density at radius 3 is 1.23 bits per heavy atom. The van der Waals surface area contributed by atoms with Gasteiger partial charge in [0.05, 0.1) is 69.3 Å². The first-order chi connectivity index (χ1) is 55.0. The van der Waals surface area contributed by atoms with Crippen LogP contribution in [0.25, 0.3) is 0 Å². The van der Waals surface area contributed by atoms with Crippen molar-refractivity contribution in [3.05, 3.63) is 233 Å². The van der Waals surface area contributed by atoms with Crippen molar-refractivity contribution in [2.45, 2.75) is 128 Å². The molecule has 7 aliphatic rings. The molecule has 0 saturated carbocycles. The van der Waals surface area contributed by atoms with Gasteiger partial charge >= 0.3 is 36.1 Å². The number of aryl methyl sites for hydroxylation is 1. The summed E-state index contributed by atoms with van der Waals surface area (Å²) >= 11 is 0. The van der Waals surface area contributed by atoms with E-state index in [1.165, 1.54) is 23.1 Å². The zero-order valence-electron chi connectivity index (χ0n) is 65.2. The average Bonchev–Trinajstić information content (AvgIpc) is 0.797. The number of esters is 4. The Labute approximate surface area is 666 Å². The van der Waals surface area contributed by atoms with E-state index < -0.39 is 75.4 Å². The number of nitrogens with zero attached hydrogens (tertiary/aromatic N) is 2. The van der Waals surface area contributed by atoms with E-state index in [1.807, 2.05) is 97.9 Å². The second kappa shape index (κ2) is 38.0. The third-order valence-corrected chi connectivity index (χ3v) is 19.0. The SMILES string of the molecule is CC1(C)OC(=O)c2c(O)cccc2O1.CC1(C)OC(=O)c2c(OC[C@@H]3COCCN3)cccc2O1.CC1(C)OC(=O)c2c(OC[C@@H]3COCCN3C(=O)OCc3ccccc3)cccc2O1.CC1(C)OC(=O)c2c(OCc3ccccc3)cccc2O1.Cc1ccc(S(=O)(=O)OC[C@@H]2COCCN2C(=O)OCc2ccccc2)cc1. The molecule has 0 aliphatic carbocycles. The fraction of sp³-hybridized carbons (Fsp3) is 0.365. The second-order valence-corrected chi connectivity index (χ2v) is 30.3. The highest BCUT2D eigenvalue weighted by Gasteiger charge is 2.41. The lowest BCUT2D eigenvalue weighted by Gasteiger charge is -2.35. The lowest BCUT2D eigenvalue weighted by Crippen LogP contribution is -2.51. The maximum Gasteiger partial charge on any atom is 0.410 e. The van der Waals surface area contributed by atoms with Gasteiger partial charge in [0.1, 0.15) is 101 Å². The third-order valence-electron chi connectivity index (χ3n) is 17.7. The highest BCUT2D eigenvalue weighted by molar-refractivity contribution is 7.86. The maximum atomic E-state index is 12.6. The predicted molar refractivity (Wildman–Crippen MR) is 412 cm³/mol. The van der Waals surface area contributed by atoms with Crippen molar-refractivity contribution in [1.29, 1.82) is 0 Å². The molecule has 7 aliphatic heterocycles. The molecule has 30 heteroatoms. The Morgan fingerprint density at radius 1 is 0.426 bits per heavy atom. The van der Waals surface area contributed by atoms with E-state index in [9.17, 15) is 42.3 Å². The van der Waals surface area contributed by atoms with Gasteiger partial charge in [-0.2, -0.15) is 8.42 Å². The summed E-state index contributed by atoms with van der Waals surface area (Å²) in [6.45, 7) is 20.5. The van der Waals surface area contributed by atoms with Gasteiger partial charge in [-0.1, -0.05) is 133 Å². The Bertz CT molecular complexity index is 4790. The number of phenolic OH excluding ortho intramolecular Hbond substituents is 1. The van der Waals surface area contributed by atoms with Gasteiger partial charge in [0.25, 0.3) is 10.1 Å². The van der Waals surface area contributed by atoms with Crippen molar-refractivity contribution >= 4 is 46.2 Å². The molecule has 610 valence electrons. The van der Waals surface area contributed by atoms with Gasteiger partial charge in [-0.15, -0.1) is 0 Å². The van der Waals surface area contributed by atoms with Crippen LogP contribution in [-0.4, -0.2) is 180 Å². The molecule has 0 bridgehead atoms. The summed E-state index contributed by atoms with van der Waals surface area (Å²) in [6.07, 6.45) is -0.950. The van der Waals surface area contributed by atoms with Crippen molar-refractivity contribution in [3.8, 4) is 46.0 Å². The van der Waals surface area contributed by atoms with E-state index in [4.69, 9.17) is 80.0 Å². The molecule has 3 fully saturated rings. The molecule has 0 aromatic heterocycles. The van der Waals surface area contributed by atoms with Crippen LogP contribution in [-0.2, 0) is 76.8 Å². The smallest absolute Gasteiger partial charge is 0.410 e. The fourth-order valence-corrected chi connectivity index (χ4v) is 13.2. The molecule has 29 nitrogen and oxygen atoms in total. The van der Waals surface area contributed by atoms with Gasteiger partial charge < -0.3 is 86.2 Å². The molecule has 3 atom stereocenters.